The molecule has 0 amide bonds. The fraction of sp³-hybridized carbons (Fsp3) is 0.571. The third-order valence-corrected chi connectivity index (χ3v) is 3.78. The molecule has 4 heteroatoms. The summed E-state index contributed by atoms with van der Waals surface area (Å²) in [7, 11) is 1.83. The third kappa shape index (κ3) is 2.49. The number of benzene rings is 1. The average molecular weight is 252 g/mol. The molecule has 1 aromatic carbocycles. The van der Waals surface area contributed by atoms with Gasteiger partial charge in [0.05, 0.1) is 0 Å². The lowest BCUT2D eigenvalue weighted by Crippen LogP contribution is -2.25. The summed E-state index contributed by atoms with van der Waals surface area (Å²) in [5.74, 6) is 0.146. The predicted molar refractivity (Wildman–Crippen MR) is 71.3 cm³/mol. The van der Waals surface area contributed by atoms with Gasteiger partial charge in [0.2, 0.25) is 0 Å². The van der Waals surface area contributed by atoms with E-state index in [4.69, 9.17) is 0 Å². The maximum Gasteiger partial charge on any atom is 0.130 e. The van der Waals surface area contributed by atoms with Crippen molar-refractivity contribution in [2.24, 2.45) is 5.92 Å². The summed E-state index contributed by atoms with van der Waals surface area (Å²) in [4.78, 5) is 2.17. The van der Waals surface area contributed by atoms with E-state index in [0.29, 0.717) is 5.92 Å². The van der Waals surface area contributed by atoms with Gasteiger partial charge in [-0.1, -0.05) is 6.07 Å². The highest BCUT2D eigenvalue weighted by atomic mass is 19.1. The first-order valence-corrected chi connectivity index (χ1v) is 6.48. The Labute approximate surface area is 108 Å². The summed E-state index contributed by atoms with van der Waals surface area (Å²) in [5.41, 5.74) is 1.67. The van der Waals surface area contributed by atoms with E-state index in [2.05, 4.69) is 10.2 Å². The summed E-state index contributed by atoms with van der Waals surface area (Å²) in [6, 6.07) is 5.20. The first-order chi connectivity index (χ1) is 8.67. The largest absolute Gasteiger partial charge is 0.396 e. The van der Waals surface area contributed by atoms with Crippen molar-refractivity contribution in [1.29, 1.82) is 0 Å². The van der Waals surface area contributed by atoms with E-state index >= 15 is 0 Å². The van der Waals surface area contributed by atoms with Gasteiger partial charge in [0.1, 0.15) is 5.82 Å². The molecule has 1 heterocycles. The van der Waals surface area contributed by atoms with Crippen LogP contribution < -0.4 is 10.2 Å². The lowest BCUT2D eigenvalue weighted by molar-refractivity contribution is 0.238. The van der Waals surface area contributed by atoms with E-state index in [1.807, 2.05) is 20.0 Å². The Hall–Kier alpha value is -1.13. The molecule has 0 aromatic heterocycles. The van der Waals surface area contributed by atoms with E-state index in [1.54, 1.807) is 6.07 Å². The maximum absolute atomic E-state index is 14.0. The van der Waals surface area contributed by atoms with E-state index in [-0.39, 0.29) is 18.5 Å². The zero-order chi connectivity index (χ0) is 13.1. The van der Waals surface area contributed by atoms with Crippen LogP contribution in [0.3, 0.4) is 0 Å². The van der Waals surface area contributed by atoms with Crippen molar-refractivity contribution in [1.82, 2.24) is 5.32 Å². The molecule has 2 atom stereocenters. The quantitative estimate of drug-likeness (QED) is 0.859. The molecule has 0 bridgehead atoms. The molecule has 1 fully saturated rings. The summed E-state index contributed by atoms with van der Waals surface area (Å²) in [5, 5.41) is 12.3. The Morgan fingerprint density at radius 2 is 2.33 bits per heavy atom. The molecule has 0 spiro atoms. The smallest absolute Gasteiger partial charge is 0.130 e. The van der Waals surface area contributed by atoms with Crippen LogP contribution in [0.25, 0.3) is 0 Å². The lowest BCUT2D eigenvalue weighted by Gasteiger charge is -2.25. The zero-order valence-electron chi connectivity index (χ0n) is 11.0. The Morgan fingerprint density at radius 3 is 2.94 bits per heavy atom. The molecule has 1 aliphatic heterocycles. The fourth-order valence-electron chi connectivity index (χ4n) is 2.57. The van der Waals surface area contributed by atoms with Gasteiger partial charge in [-0.15, -0.1) is 0 Å². The van der Waals surface area contributed by atoms with Gasteiger partial charge in [-0.05, 0) is 32.5 Å². The van der Waals surface area contributed by atoms with Crippen molar-refractivity contribution in [2.75, 3.05) is 31.6 Å². The number of aliphatic hydroxyl groups excluding tert-OH is 1. The molecule has 1 aromatic rings. The Balaban J connectivity index is 2.30. The van der Waals surface area contributed by atoms with E-state index in [9.17, 15) is 9.50 Å². The summed E-state index contributed by atoms with van der Waals surface area (Å²) in [6.07, 6.45) is 0.973. The second-order valence-corrected chi connectivity index (χ2v) is 4.97. The second kappa shape index (κ2) is 5.67. The van der Waals surface area contributed by atoms with Crippen molar-refractivity contribution in [2.45, 2.75) is 19.4 Å². The van der Waals surface area contributed by atoms with Crippen molar-refractivity contribution in [3.8, 4) is 0 Å². The van der Waals surface area contributed by atoms with Gasteiger partial charge in [0, 0.05) is 42.9 Å². The maximum atomic E-state index is 14.0. The number of halogens is 1. The SMILES string of the molecule is CNC(C)c1c(F)cccc1N1CCC(CO)C1. The van der Waals surface area contributed by atoms with E-state index < -0.39 is 0 Å². The minimum Gasteiger partial charge on any atom is -0.396 e. The Kier molecular flexibility index (Phi) is 4.19. The third-order valence-electron chi connectivity index (χ3n) is 3.78. The van der Waals surface area contributed by atoms with Crippen LogP contribution >= 0.6 is 0 Å². The van der Waals surface area contributed by atoms with Gasteiger partial charge in [0.25, 0.3) is 0 Å². The molecule has 100 valence electrons. The average Bonchev–Trinajstić information content (AvgIpc) is 2.86. The summed E-state index contributed by atoms with van der Waals surface area (Å²) >= 11 is 0. The van der Waals surface area contributed by atoms with Crippen LogP contribution in [-0.2, 0) is 0 Å². The van der Waals surface area contributed by atoms with Gasteiger partial charge < -0.3 is 15.3 Å². The molecular weight excluding hydrogens is 231 g/mol. The van der Waals surface area contributed by atoms with Gasteiger partial charge in [-0.25, -0.2) is 4.39 Å². The van der Waals surface area contributed by atoms with Crippen molar-refractivity contribution < 1.29 is 9.50 Å². The molecular formula is C14H21FN2O. The van der Waals surface area contributed by atoms with Crippen molar-refractivity contribution >= 4 is 5.69 Å². The minimum atomic E-state index is -0.165. The van der Waals surface area contributed by atoms with Gasteiger partial charge >= 0.3 is 0 Å². The molecule has 1 saturated heterocycles. The number of nitrogens with one attached hydrogen (secondary N) is 1. The normalized spacial score (nSPS) is 21.3. The number of hydrogen-bond donors (Lipinski definition) is 2. The van der Waals surface area contributed by atoms with E-state index in [0.717, 1.165) is 30.8 Å². The van der Waals surface area contributed by atoms with Crippen LogP contribution in [0.4, 0.5) is 10.1 Å². The lowest BCUT2D eigenvalue weighted by atomic mass is 10.0. The number of rotatable bonds is 4. The Morgan fingerprint density at radius 1 is 1.56 bits per heavy atom. The first kappa shape index (κ1) is 13.3. The predicted octanol–water partition coefficient (Wildman–Crippen LogP) is 1.92. The highest BCUT2D eigenvalue weighted by Crippen LogP contribution is 2.32. The van der Waals surface area contributed by atoms with Crippen LogP contribution in [0.2, 0.25) is 0 Å². The molecule has 0 aliphatic carbocycles. The molecule has 3 nitrogen and oxygen atoms in total. The highest BCUT2D eigenvalue weighted by molar-refractivity contribution is 5.56. The van der Waals surface area contributed by atoms with Crippen LogP contribution in [0.1, 0.15) is 24.9 Å². The van der Waals surface area contributed by atoms with Crippen LogP contribution in [0, 0.1) is 11.7 Å². The van der Waals surface area contributed by atoms with Crippen LogP contribution in [0.5, 0.6) is 0 Å². The number of anilines is 1. The number of aliphatic hydroxyl groups is 1. The molecule has 0 saturated carbocycles. The molecule has 18 heavy (non-hydrogen) atoms. The summed E-state index contributed by atoms with van der Waals surface area (Å²) in [6.45, 7) is 3.87. The van der Waals surface area contributed by atoms with Crippen LogP contribution in [0.15, 0.2) is 18.2 Å². The second-order valence-electron chi connectivity index (χ2n) is 4.97. The molecule has 1 aliphatic rings. The number of hydrogen-bond acceptors (Lipinski definition) is 3. The monoisotopic (exact) mass is 252 g/mol. The van der Waals surface area contributed by atoms with Crippen molar-refractivity contribution in [3.05, 3.63) is 29.6 Å². The Bertz CT molecular complexity index is 411. The minimum absolute atomic E-state index is 0.0191. The first-order valence-electron chi connectivity index (χ1n) is 6.48. The highest BCUT2D eigenvalue weighted by Gasteiger charge is 2.25. The fourth-order valence-corrected chi connectivity index (χ4v) is 2.57. The zero-order valence-corrected chi connectivity index (χ0v) is 11.0. The molecule has 0 radical (unpaired) electrons. The summed E-state index contributed by atoms with van der Waals surface area (Å²) < 4.78 is 14.0. The molecule has 2 rings (SSSR count). The van der Waals surface area contributed by atoms with Gasteiger partial charge in [-0.2, -0.15) is 0 Å². The number of nitrogens with zero attached hydrogens (tertiary/aromatic N) is 1. The molecule has 2 unspecified atom stereocenters. The standard InChI is InChI=1S/C14H21FN2O/c1-10(16-2)14-12(15)4-3-5-13(14)17-7-6-11(8-17)9-18/h3-5,10-11,16,18H,6-9H2,1-2H3. The topological polar surface area (TPSA) is 35.5 Å². The molecule has 2 N–H and O–H groups in total. The van der Waals surface area contributed by atoms with E-state index in [1.165, 1.54) is 6.07 Å². The van der Waals surface area contributed by atoms with Crippen molar-refractivity contribution in [3.63, 3.8) is 0 Å². The van der Waals surface area contributed by atoms with Gasteiger partial charge in [-0.3, -0.25) is 0 Å². The van der Waals surface area contributed by atoms with Crippen LogP contribution in [-0.4, -0.2) is 31.9 Å². The van der Waals surface area contributed by atoms with Gasteiger partial charge in [0.15, 0.2) is 0 Å².